The fourth-order valence-corrected chi connectivity index (χ4v) is 3.11. The number of hydrogen-bond acceptors (Lipinski definition) is 3. The van der Waals surface area contributed by atoms with Crippen LogP contribution in [0.2, 0.25) is 0 Å². The Hall–Kier alpha value is -1.39. The maximum absolute atomic E-state index is 12.2. The van der Waals surface area contributed by atoms with Crippen molar-refractivity contribution in [3.05, 3.63) is 35.4 Å². The van der Waals surface area contributed by atoms with Crippen molar-refractivity contribution in [3.63, 3.8) is 0 Å². The van der Waals surface area contributed by atoms with E-state index in [1.807, 2.05) is 0 Å². The molecule has 1 aliphatic carbocycles. The molecule has 4 nitrogen and oxygen atoms in total. The molecule has 2 aliphatic rings. The van der Waals surface area contributed by atoms with Gasteiger partial charge >= 0.3 is 0 Å². The molecule has 1 atom stereocenters. The summed E-state index contributed by atoms with van der Waals surface area (Å²) in [6.07, 6.45) is 3.33. The average molecular weight is 274 g/mol. The van der Waals surface area contributed by atoms with Crippen molar-refractivity contribution in [2.75, 3.05) is 32.8 Å². The summed E-state index contributed by atoms with van der Waals surface area (Å²) in [5.41, 5.74) is 2.68. The van der Waals surface area contributed by atoms with Gasteiger partial charge in [0.1, 0.15) is 0 Å². The van der Waals surface area contributed by atoms with Crippen molar-refractivity contribution < 1.29 is 9.53 Å². The molecule has 1 N–H and O–H groups in total. The van der Waals surface area contributed by atoms with Crippen molar-refractivity contribution in [2.45, 2.75) is 25.3 Å². The minimum absolute atomic E-state index is 0.133. The van der Waals surface area contributed by atoms with E-state index in [2.05, 4.69) is 34.5 Å². The van der Waals surface area contributed by atoms with Crippen LogP contribution in [0.15, 0.2) is 24.3 Å². The van der Waals surface area contributed by atoms with Crippen LogP contribution in [0.3, 0.4) is 0 Å². The monoisotopic (exact) mass is 274 g/mol. The number of amides is 1. The average Bonchev–Trinajstić information content (AvgIpc) is 2.48. The quantitative estimate of drug-likeness (QED) is 0.908. The van der Waals surface area contributed by atoms with Gasteiger partial charge in [-0.2, -0.15) is 0 Å². The number of hydrogen-bond donors (Lipinski definition) is 1. The molecule has 1 unspecified atom stereocenters. The summed E-state index contributed by atoms with van der Waals surface area (Å²) < 4.78 is 5.30. The van der Waals surface area contributed by atoms with Crippen LogP contribution in [0, 0.1) is 0 Å². The number of carbonyl (C=O) groups is 1. The molecule has 108 valence electrons. The van der Waals surface area contributed by atoms with Crippen LogP contribution < -0.4 is 5.32 Å². The van der Waals surface area contributed by atoms with Crippen LogP contribution in [0.25, 0.3) is 0 Å². The first-order chi connectivity index (χ1) is 9.83. The molecule has 0 saturated carbocycles. The smallest absolute Gasteiger partial charge is 0.234 e. The number of aryl methyl sites for hydroxylation is 1. The summed E-state index contributed by atoms with van der Waals surface area (Å²) in [5, 5.41) is 3.20. The number of morpholine rings is 1. The fourth-order valence-electron chi connectivity index (χ4n) is 3.11. The zero-order chi connectivity index (χ0) is 13.8. The van der Waals surface area contributed by atoms with Gasteiger partial charge in [-0.05, 0) is 30.4 Å². The summed E-state index contributed by atoms with van der Waals surface area (Å²) in [4.78, 5) is 14.4. The predicted molar refractivity (Wildman–Crippen MR) is 77.5 cm³/mol. The van der Waals surface area contributed by atoms with Crippen LogP contribution >= 0.6 is 0 Å². The normalized spacial score (nSPS) is 23.1. The molecule has 1 aromatic carbocycles. The summed E-state index contributed by atoms with van der Waals surface area (Å²) in [5.74, 6) is 0.133. The van der Waals surface area contributed by atoms with E-state index in [9.17, 15) is 4.79 Å². The molecule has 20 heavy (non-hydrogen) atoms. The minimum atomic E-state index is 0.133. The SMILES string of the molecule is O=C(CN1CCOCC1)NC1CCCc2ccccc21. The first kappa shape index (κ1) is 13.6. The third-order valence-corrected chi connectivity index (χ3v) is 4.18. The van der Waals surface area contributed by atoms with E-state index in [1.54, 1.807) is 0 Å². The Morgan fingerprint density at radius 2 is 2.10 bits per heavy atom. The number of benzene rings is 1. The zero-order valence-corrected chi connectivity index (χ0v) is 11.8. The van der Waals surface area contributed by atoms with E-state index in [0.717, 1.165) is 45.6 Å². The molecular weight excluding hydrogens is 252 g/mol. The Kier molecular flexibility index (Phi) is 4.33. The lowest BCUT2D eigenvalue weighted by molar-refractivity contribution is -0.124. The molecule has 1 heterocycles. The second-order valence-electron chi connectivity index (χ2n) is 5.60. The van der Waals surface area contributed by atoms with Crippen LogP contribution in [-0.2, 0) is 16.0 Å². The number of nitrogens with zero attached hydrogens (tertiary/aromatic N) is 1. The molecule has 0 radical (unpaired) electrons. The second kappa shape index (κ2) is 6.37. The Balaban J connectivity index is 1.59. The Labute approximate surface area is 120 Å². The van der Waals surface area contributed by atoms with Gasteiger partial charge in [-0.1, -0.05) is 24.3 Å². The molecule has 3 rings (SSSR count). The summed E-state index contributed by atoms with van der Waals surface area (Å²) in [6.45, 7) is 3.67. The molecule has 1 aromatic rings. The molecule has 4 heteroatoms. The molecule has 0 spiro atoms. The van der Waals surface area contributed by atoms with Gasteiger partial charge < -0.3 is 10.1 Å². The Bertz CT molecular complexity index is 469. The standard InChI is InChI=1S/C16H22N2O2/c19-16(12-18-8-10-20-11-9-18)17-15-7-3-5-13-4-1-2-6-14(13)15/h1-2,4,6,15H,3,5,7-12H2,(H,17,19). The summed E-state index contributed by atoms with van der Waals surface area (Å²) in [7, 11) is 0. The zero-order valence-electron chi connectivity index (χ0n) is 11.8. The summed E-state index contributed by atoms with van der Waals surface area (Å²) in [6, 6.07) is 8.65. The second-order valence-corrected chi connectivity index (χ2v) is 5.60. The highest BCUT2D eigenvalue weighted by Gasteiger charge is 2.22. The fraction of sp³-hybridized carbons (Fsp3) is 0.562. The van der Waals surface area contributed by atoms with Crippen molar-refractivity contribution in [3.8, 4) is 0 Å². The van der Waals surface area contributed by atoms with Crippen molar-refractivity contribution >= 4 is 5.91 Å². The molecule has 1 aliphatic heterocycles. The van der Waals surface area contributed by atoms with E-state index in [0.29, 0.717) is 6.54 Å². The van der Waals surface area contributed by atoms with E-state index >= 15 is 0 Å². The van der Waals surface area contributed by atoms with Crippen LogP contribution in [-0.4, -0.2) is 43.7 Å². The third-order valence-electron chi connectivity index (χ3n) is 4.18. The van der Waals surface area contributed by atoms with Gasteiger partial charge in [0.2, 0.25) is 5.91 Å². The van der Waals surface area contributed by atoms with E-state index in [4.69, 9.17) is 4.74 Å². The van der Waals surface area contributed by atoms with E-state index in [1.165, 1.54) is 11.1 Å². The number of carbonyl (C=O) groups excluding carboxylic acids is 1. The minimum Gasteiger partial charge on any atom is -0.379 e. The molecule has 0 aromatic heterocycles. The number of ether oxygens (including phenoxy) is 1. The highest BCUT2D eigenvalue weighted by atomic mass is 16.5. The molecule has 1 amide bonds. The highest BCUT2D eigenvalue weighted by Crippen LogP contribution is 2.29. The van der Waals surface area contributed by atoms with Gasteiger partial charge in [-0.25, -0.2) is 0 Å². The van der Waals surface area contributed by atoms with E-state index < -0.39 is 0 Å². The molecule has 0 bridgehead atoms. The van der Waals surface area contributed by atoms with Gasteiger partial charge in [0.15, 0.2) is 0 Å². The molecule has 1 fully saturated rings. The van der Waals surface area contributed by atoms with Crippen molar-refractivity contribution in [1.82, 2.24) is 10.2 Å². The lowest BCUT2D eigenvalue weighted by Crippen LogP contribution is -2.44. The van der Waals surface area contributed by atoms with Gasteiger partial charge in [0, 0.05) is 13.1 Å². The largest absolute Gasteiger partial charge is 0.379 e. The van der Waals surface area contributed by atoms with Gasteiger partial charge in [0.25, 0.3) is 0 Å². The maximum Gasteiger partial charge on any atom is 0.234 e. The molecular formula is C16H22N2O2. The van der Waals surface area contributed by atoms with Crippen molar-refractivity contribution in [2.24, 2.45) is 0 Å². The van der Waals surface area contributed by atoms with Crippen LogP contribution in [0.5, 0.6) is 0 Å². The van der Waals surface area contributed by atoms with Crippen LogP contribution in [0.4, 0.5) is 0 Å². The number of nitrogens with one attached hydrogen (secondary N) is 1. The van der Waals surface area contributed by atoms with Gasteiger partial charge in [-0.15, -0.1) is 0 Å². The predicted octanol–water partition coefficient (Wildman–Crippen LogP) is 1.51. The third kappa shape index (κ3) is 3.19. The van der Waals surface area contributed by atoms with Crippen LogP contribution in [0.1, 0.15) is 30.0 Å². The Morgan fingerprint density at radius 3 is 2.95 bits per heavy atom. The molecule has 1 saturated heterocycles. The lowest BCUT2D eigenvalue weighted by Gasteiger charge is -2.29. The lowest BCUT2D eigenvalue weighted by atomic mass is 9.88. The first-order valence-corrected chi connectivity index (χ1v) is 7.50. The first-order valence-electron chi connectivity index (χ1n) is 7.50. The maximum atomic E-state index is 12.2. The summed E-state index contributed by atoms with van der Waals surface area (Å²) >= 11 is 0. The van der Waals surface area contributed by atoms with Crippen molar-refractivity contribution in [1.29, 1.82) is 0 Å². The van der Waals surface area contributed by atoms with E-state index in [-0.39, 0.29) is 11.9 Å². The number of rotatable bonds is 3. The topological polar surface area (TPSA) is 41.6 Å². The Morgan fingerprint density at radius 1 is 1.30 bits per heavy atom. The van der Waals surface area contributed by atoms with Gasteiger partial charge in [-0.3, -0.25) is 9.69 Å². The van der Waals surface area contributed by atoms with Gasteiger partial charge in [0.05, 0.1) is 25.8 Å². The number of fused-ring (bicyclic) bond motifs is 1. The highest BCUT2D eigenvalue weighted by molar-refractivity contribution is 5.78.